The number of hydrogen-bond acceptors (Lipinski definition) is 0. The van der Waals surface area contributed by atoms with Crippen molar-refractivity contribution in [2.75, 3.05) is 0 Å². The highest BCUT2D eigenvalue weighted by atomic mass is 27.2. The molecule has 0 aromatic heterocycles. The van der Waals surface area contributed by atoms with Gasteiger partial charge >= 0.3 is 0 Å². The Bertz CT molecular complexity index is 52.3. The molecule has 0 saturated heterocycles. The Labute approximate surface area is 71.9 Å². The topological polar surface area (TPSA) is 0 Å². The first-order valence-corrected chi connectivity index (χ1v) is 7.30. The Hall–Kier alpha value is 0.532. The van der Waals surface area contributed by atoms with Crippen molar-refractivity contribution < 1.29 is 1.43 Å². The fourth-order valence-corrected chi connectivity index (χ4v) is 4.97. The summed E-state index contributed by atoms with van der Waals surface area (Å²) >= 11 is -0.234. The van der Waals surface area contributed by atoms with Crippen LogP contribution in [0.1, 0.15) is 41.5 Å². The first kappa shape index (κ1) is 10.5. The predicted molar refractivity (Wildman–Crippen MR) is 53.2 cm³/mol. The quantitative estimate of drug-likeness (QED) is 0.513. The maximum absolute atomic E-state index is 2.32. The molecule has 0 aliphatic heterocycles. The van der Waals surface area contributed by atoms with Gasteiger partial charge in [-0.05, 0) is 0 Å². The van der Waals surface area contributed by atoms with Gasteiger partial charge in [0.25, 0.3) is 14.1 Å². The van der Waals surface area contributed by atoms with Gasteiger partial charge in [0.1, 0.15) is 0 Å². The van der Waals surface area contributed by atoms with Crippen molar-refractivity contribution in [2.24, 2.45) is 0 Å². The van der Waals surface area contributed by atoms with E-state index in [4.69, 9.17) is 0 Å². The Morgan fingerprint density at radius 3 is 1.30 bits per heavy atom. The smallest absolute Gasteiger partial charge is 0.0941 e. The second-order valence-corrected chi connectivity index (χ2v) is 6.70. The third-order valence-corrected chi connectivity index (χ3v) is 6.27. The van der Waals surface area contributed by atoms with Crippen molar-refractivity contribution in [1.29, 1.82) is 0 Å². The molecule has 0 aliphatic rings. The van der Waals surface area contributed by atoms with Crippen molar-refractivity contribution in [1.82, 2.24) is 0 Å². The molecule has 0 atom stereocenters. The predicted octanol–water partition coefficient (Wildman–Crippen LogP) is 3.96. The fraction of sp³-hybridized carbons (Fsp3) is 1.00. The molecule has 0 aromatic carbocycles. The lowest BCUT2D eigenvalue weighted by Crippen LogP contribution is -2.09. The van der Waals surface area contributed by atoms with Gasteiger partial charge in [0.15, 0.2) is 0 Å². The number of rotatable bonds is 6. The van der Waals surface area contributed by atoms with E-state index < -0.39 is 0 Å². The fourth-order valence-electron chi connectivity index (χ4n) is 1.66. The first-order chi connectivity index (χ1) is 4.85. The zero-order valence-electron chi connectivity index (χ0n) is 7.82. The normalized spacial score (nSPS) is 9.90. The molecule has 0 aliphatic carbocycles. The highest BCUT2D eigenvalue weighted by molar-refractivity contribution is 6.58. The van der Waals surface area contributed by atoms with Gasteiger partial charge in [-0.25, -0.2) is 0 Å². The third kappa shape index (κ3) is 5.33. The number of hydrogen-bond donors (Lipinski definition) is 0. The van der Waals surface area contributed by atoms with Crippen molar-refractivity contribution in [3.63, 3.8) is 0 Å². The summed E-state index contributed by atoms with van der Waals surface area (Å²) in [6, 6.07) is 0. The lowest BCUT2D eigenvalue weighted by molar-refractivity contribution is 0.957. The molecular weight excluding hydrogens is 135 g/mol. The van der Waals surface area contributed by atoms with E-state index in [-0.39, 0.29) is 15.6 Å². The Morgan fingerprint density at radius 1 is 0.800 bits per heavy atom. The van der Waals surface area contributed by atoms with Crippen LogP contribution in [0.5, 0.6) is 0 Å². The van der Waals surface area contributed by atoms with Gasteiger partial charge in [-0.3, -0.25) is 0 Å². The van der Waals surface area contributed by atoms with Gasteiger partial charge in [0.2, 0.25) is 0 Å². The standard InChI is InChI=1S/3C3H7.Al.H2/c3*1-3-2;;/h3*1,3H2,2H3;;1H. The van der Waals surface area contributed by atoms with Crippen molar-refractivity contribution >= 4 is 14.1 Å². The summed E-state index contributed by atoms with van der Waals surface area (Å²) in [5.74, 6) is 0. The van der Waals surface area contributed by atoms with Gasteiger partial charge in [-0.15, -0.1) is 0 Å². The molecule has 0 heterocycles. The van der Waals surface area contributed by atoms with E-state index in [0.717, 1.165) is 0 Å². The molecule has 1 heteroatoms. The Morgan fingerprint density at radius 2 is 1.10 bits per heavy atom. The molecule has 0 unspecified atom stereocenters. The highest BCUT2D eigenvalue weighted by Gasteiger charge is 2.11. The van der Waals surface area contributed by atoms with Gasteiger partial charge in [0.05, 0.1) is 0 Å². The summed E-state index contributed by atoms with van der Waals surface area (Å²) < 4.78 is 0. The van der Waals surface area contributed by atoms with E-state index in [1.54, 1.807) is 15.8 Å². The van der Waals surface area contributed by atoms with Gasteiger partial charge in [-0.1, -0.05) is 55.9 Å². The van der Waals surface area contributed by atoms with E-state index in [2.05, 4.69) is 20.8 Å². The Kier molecular flexibility index (Phi) is 8.04. The Balaban J connectivity index is 0. The monoisotopic (exact) mass is 158 g/mol. The first-order valence-electron chi connectivity index (χ1n) is 4.85. The van der Waals surface area contributed by atoms with E-state index in [1.165, 1.54) is 19.3 Å². The van der Waals surface area contributed by atoms with Crippen LogP contribution in [0.15, 0.2) is 0 Å². The van der Waals surface area contributed by atoms with Crippen LogP contribution in [0.2, 0.25) is 15.8 Å². The van der Waals surface area contributed by atoms with Crippen LogP contribution in [0.4, 0.5) is 0 Å². The summed E-state index contributed by atoms with van der Waals surface area (Å²) in [6.45, 7) is 6.97. The van der Waals surface area contributed by atoms with Gasteiger partial charge < -0.3 is 0 Å². The minimum atomic E-state index is -0.234. The van der Waals surface area contributed by atoms with Crippen LogP contribution in [0.25, 0.3) is 0 Å². The maximum Gasteiger partial charge on any atom is 0.261 e. The van der Waals surface area contributed by atoms with Crippen LogP contribution in [-0.4, -0.2) is 14.1 Å². The lowest BCUT2D eigenvalue weighted by Gasteiger charge is -2.06. The molecule has 0 amide bonds. The highest BCUT2D eigenvalue weighted by Crippen LogP contribution is 2.11. The zero-order valence-corrected chi connectivity index (χ0v) is 8.97. The van der Waals surface area contributed by atoms with Crippen LogP contribution in [0.3, 0.4) is 0 Å². The molecule has 0 saturated carbocycles. The van der Waals surface area contributed by atoms with E-state index in [9.17, 15) is 0 Å². The lowest BCUT2D eigenvalue weighted by atomic mass is 10.5. The summed E-state index contributed by atoms with van der Waals surface area (Å²) in [5, 5.41) is 4.76. The molecule has 0 nitrogen and oxygen atoms in total. The van der Waals surface area contributed by atoms with Crippen molar-refractivity contribution in [3.8, 4) is 0 Å². The van der Waals surface area contributed by atoms with Crippen LogP contribution >= 0.6 is 0 Å². The second kappa shape index (κ2) is 7.64. The SMILES string of the molecule is CC[CH2][Al]([CH2]CC)[CH2]CC.[HH]. The van der Waals surface area contributed by atoms with Gasteiger partial charge in [-0.2, -0.15) is 0 Å². The van der Waals surface area contributed by atoms with E-state index in [0.29, 0.717) is 0 Å². The molecule has 62 valence electrons. The maximum atomic E-state index is 2.32. The van der Waals surface area contributed by atoms with Crippen molar-refractivity contribution in [3.05, 3.63) is 0 Å². The molecular formula is C9H23Al. The summed E-state index contributed by atoms with van der Waals surface area (Å²) in [6.07, 6.45) is 4.28. The molecule has 0 rings (SSSR count). The largest absolute Gasteiger partial charge is 0.261 e. The van der Waals surface area contributed by atoms with Gasteiger partial charge in [0, 0.05) is 1.43 Å². The second-order valence-electron chi connectivity index (χ2n) is 3.23. The van der Waals surface area contributed by atoms with Crippen LogP contribution in [0, 0.1) is 0 Å². The molecule has 0 fully saturated rings. The minimum Gasteiger partial charge on any atom is -0.0941 e. The molecule has 0 spiro atoms. The summed E-state index contributed by atoms with van der Waals surface area (Å²) in [5.41, 5.74) is 0. The van der Waals surface area contributed by atoms with Crippen LogP contribution < -0.4 is 0 Å². The molecule has 0 radical (unpaired) electrons. The molecule has 0 N–H and O–H groups in total. The van der Waals surface area contributed by atoms with Crippen molar-refractivity contribution in [2.45, 2.75) is 55.9 Å². The molecule has 0 bridgehead atoms. The zero-order chi connectivity index (χ0) is 7.82. The minimum absolute atomic E-state index is 0. The average Bonchev–Trinajstić information content (AvgIpc) is 1.90. The van der Waals surface area contributed by atoms with E-state index >= 15 is 0 Å². The average molecular weight is 158 g/mol. The molecule has 0 aromatic rings. The molecule has 10 heavy (non-hydrogen) atoms. The summed E-state index contributed by atoms with van der Waals surface area (Å²) in [4.78, 5) is 0. The van der Waals surface area contributed by atoms with Crippen LogP contribution in [-0.2, 0) is 0 Å². The summed E-state index contributed by atoms with van der Waals surface area (Å²) in [7, 11) is 0. The third-order valence-electron chi connectivity index (χ3n) is 2.09. The van der Waals surface area contributed by atoms with E-state index in [1.807, 2.05) is 0 Å².